The van der Waals surface area contributed by atoms with E-state index in [1.54, 1.807) is 25.3 Å². The Morgan fingerprint density at radius 3 is 2.71 bits per heavy atom. The molecule has 0 aliphatic rings. The van der Waals surface area contributed by atoms with Gasteiger partial charge in [0.25, 0.3) is 0 Å². The molecule has 0 amide bonds. The van der Waals surface area contributed by atoms with Gasteiger partial charge in [0.05, 0.1) is 4.92 Å². The zero-order chi connectivity index (χ0) is 15.4. The van der Waals surface area contributed by atoms with Gasteiger partial charge in [0.1, 0.15) is 12.4 Å². The van der Waals surface area contributed by atoms with Gasteiger partial charge in [0.2, 0.25) is 0 Å². The van der Waals surface area contributed by atoms with Crippen molar-refractivity contribution in [2.75, 3.05) is 5.43 Å². The lowest BCUT2D eigenvalue weighted by atomic mass is 10.1. The van der Waals surface area contributed by atoms with Crippen molar-refractivity contribution in [1.82, 2.24) is 4.98 Å². The van der Waals surface area contributed by atoms with E-state index in [-0.39, 0.29) is 18.0 Å². The van der Waals surface area contributed by atoms with Crippen molar-refractivity contribution in [1.29, 1.82) is 0 Å². The summed E-state index contributed by atoms with van der Waals surface area (Å²) in [5.74, 6) is 6.06. The van der Waals surface area contributed by atoms with E-state index >= 15 is 0 Å². The lowest BCUT2D eigenvalue weighted by Gasteiger charge is -2.10. The largest absolute Gasteiger partial charge is 0.482 e. The van der Waals surface area contributed by atoms with Gasteiger partial charge in [-0.2, -0.15) is 0 Å². The van der Waals surface area contributed by atoms with Crippen LogP contribution in [-0.2, 0) is 6.61 Å². The molecule has 21 heavy (non-hydrogen) atoms. The fourth-order valence-electron chi connectivity index (χ4n) is 2.01. The quantitative estimate of drug-likeness (QED) is 0.497. The molecule has 1 aromatic heterocycles. The van der Waals surface area contributed by atoms with Crippen molar-refractivity contribution in [2.24, 2.45) is 5.84 Å². The normalized spacial score (nSPS) is 10.2. The number of nitro groups is 1. The topological polar surface area (TPSA) is 103 Å². The van der Waals surface area contributed by atoms with Gasteiger partial charge in [0, 0.05) is 17.8 Å². The van der Waals surface area contributed by atoms with Gasteiger partial charge in [-0.15, -0.1) is 0 Å². The molecule has 2 aromatic rings. The number of rotatable bonds is 5. The molecule has 2 rings (SSSR count). The highest BCUT2D eigenvalue weighted by atomic mass is 16.6. The molecule has 0 saturated heterocycles. The third-order valence-corrected chi connectivity index (χ3v) is 2.95. The molecule has 0 aliphatic carbocycles. The van der Waals surface area contributed by atoms with Crippen LogP contribution in [-0.4, -0.2) is 9.91 Å². The minimum atomic E-state index is -0.435. The van der Waals surface area contributed by atoms with Crippen LogP contribution in [0, 0.1) is 24.0 Å². The number of nitrogens with zero attached hydrogens (tertiary/aromatic N) is 2. The summed E-state index contributed by atoms with van der Waals surface area (Å²) in [4.78, 5) is 14.7. The van der Waals surface area contributed by atoms with Crippen LogP contribution in [0.5, 0.6) is 5.75 Å². The Balaban J connectivity index is 2.20. The smallest absolute Gasteiger partial charge is 0.311 e. The fourth-order valence-corrected chi connectivity index (χ4v) is 2.01. The Morgan fingerprint density at radius 2 is 2.14 bits per heavy atom. The van der Waals surface area contributed by atoms with Gasteiger partial charge in [-0.3, -0.25) is 10.1 Å². The van der Waals surface area contributed by atoms with Crippen molar-refractivity contribution in [3.63, 3.8) is 0 Å². The number of hydrogen-bond acceptors (Lipinski definition) is 6. The van der Waals surface area contributed by atoms with E-state index in [1.165, 1.54) is 6.07 Å². The van der Waals surface area contributed by atoms with Gasteiger partial charge < -0.3 is 10.2 Å². The Hall–Kier alpha value is -2.67. The van der Waals surface area contributed by atoms with Gasteiger partial charge >= 0.3 is 5.69 Å². The van der Waals surface area contributed by atoms with Gasteiger partial charge in [0.15, 0.2) is 5.75 Å². The lowest BCUT2D eigenvalue weighted by molar-refractivity contribution is -0.386. The molecule has 110 valence electrons. The van der Waals surface area contributed by atoms with Crippen LogP contribution in [0.25, 0.3) is 0 Å². The van der Waals surface area contributed by atoms with E-state index in [2.05, 4.69) is 10.4 Å². The Labute approximate surface area is 121 Å². The van der Waals surface area contributed by atoms with Gasteiger partial charge in [-0.1, -0.05) is 12.1 Å². The first-order chi connectivity index (χ1) is 10.0. The Bertz CT molecular complexity index is 656. The average molecular weight is 288 g/mol. The minimum Gasteiger partial charge on any atom is -0.482 e. The molecule has 0 bridgehead atoms. The number of aromatic nitrogens is 1. The first-order valence-electron chi connectivity index (χ1n) is 6.31. The van der Waals surface area contributed by atoms with Crippen LogP contribution in [0.3, 0.4) is 0 Å². The van der Waals surface area contributed by atoms with E-state index in [1.807, 2.05) is 13.0 Å². The number of anilines is 1. The molecule has 3 N–H and O–H groups in total. The van der Waals surface area contributed by atoms with E-state index in [9.17, 15) is 10.1 Å². The molecular formula is C14H16N4O3. The van der Waals surface area contributed by atoms with E-state index in [0.29, 0.717) is 5.82 Å². The molecule has 0 atom stereocenters. The summed E-state index contributed by atoms with van der Waals surface area (Å²) in [6.45, 7) is 3.80. The van der Waals surface area contributed by atoms with Crippen LogP contribution in [0.4, 0.5) is 11.5 Å². The van der Waals surface area contributed by atoms with Crippen LogP contribution in [0.1, 0.15) is 16.7 Å². The molecule has 7 heteroatoms. The maximum absolute atomic E-state index is 11.1. The first-order valence-corrected chi connectivity index (χ1v) is 6.31. The van der Waals surface area contributed by atoms with Gasteiger partial charge in [-0.05, 0) is 31.0 Å². The molecule has 0 spiro atoms. The second-order valence-electron chi connectivity index (χ2n) is 4.67. The van der Waals surface area contributed by atoms with Crippen molar-refractivity contribution in [3.8, 4) is 5.75 Å². The molecule has 0 aliphatic heterocycles. The summed E-state index contributed by atoms with van der Waals surface area (Å²) in [6, 6.07) is 6.84. The molecular weight excluding hydrogens is 272 g/mol. The number of benzene rings is 1. The molecule has 0 fully saturated rings. The SMILES string of the molecule is Cc1cc(C)c(OCc2ccc(NN)nc2)c([N+](=O)[O-])c1. The number of pyridine rings is 1. The number of nitrogens with one attached hydrogen (secondary N) is 1. The zero-order valence-electron chi connectivity index (χ0n) is 11.8. The first kappa shape index (κ1) is 14.7. The highest BCUT2D eigenvalue weighted by Gasteiger charge is 2.18. The lowest BCUT2D eigenvalue weighted by Crippen LogP contribution is -2.08. The van der Waals surface area contributed by atoms with Crippen LogP contribution >= 0.6 is 0 Å². The Kier molecular flexibility index (Phi) is 4.34. The third-order valence-electron chi connectivity index (χ3n) is 2.95. The number of aryl methyl sites for hydroxylation is 2. The summed E-state index contributed by atoms with van der Waals surface area (Å²) >= 11 is 0. The maximum Gasteiger partial charge on any atom is 0.311 e. The molecule has 0 radical (unpaired) electrons. The zero-order valence-corrected chi connectivity index (χ0v) is 11.8. The van der Waals surface area contributed by atoms with Gasteiger partial charge in [-0.25, -0.2) is 10.8 Å². The third kappa shape index (κ3) is 3.46. The van der Waals surface area contributed by atoms with Crippen LogP contribution in [0.2, 0.25) is 0 Å². The standard InChI is InChI=1S/C14H16N4O3/c1-9-5-10(2)14(12(6-9)18(19)20)21-8-11-3-4-13(17-15)16-7-11/h3-7H,8,15H2,1-2H3,(H,16,17). The predicted molar refractivity (Wildman–Crippen MR) is 78.9 cm³/mol. The molecule has 1 heterocycles. The summed E-state index contributed by atoms with van der Waals surface area (Å²) < 4.78 is 5.61. The molecule has 0 saturated carbocycles. The number of hydrogen-bond donors (Lipinski definition) is 2. The second kappa shape index (κ2) is 6.19. The summed E-state index contributed by atoms with van der Waals surface area (Å²) in [5.41, 5.74) is 4.75. The number of ether oxygens (including phenoxy) is 1. The summed E-state index contributed by atoms with van der Waals surface area (Å²) in [6.07, 6.45) is 1.60. The van der Waals surface area contributed by atoms with Crippen molar-refractivity contribution in [3.05, 3.63) is 57.3 Å². The van der Waals surface area contributed by atoms with Crippen molar-refractivity contribution in [2.45, 2.75) is 20.5 Å². The van der Waals surface area contributed by atoms with Crippen LogP contribution < -0.4 is 16.0 Å². The minimum absolute atomic E-state index is 0.0271. The van der Waals surface area contributed by atoms with Crippen LogP contribution in [0.15, 0.2) is 30.5 Å². The van der Waals surface area contributed by atoms with E-state index in [4.69, 9.17) is 10.6 Å². The number of hydrazine groups is 1. The highest BCUT2D eigenvalue weighted by molar-refractivity contribution is 5.53. The number of nitrogen functional groups attached to an aromatic ring is 1. The summed E-state index contributed by atoms with van der Waals surface area (Å²) in [7, 11) is 0. The van der Waals surface area contributed by atoms with E-state index in [0.717, 1.165) is 16.7 Å². The number of nitro benzene ring substituents is 1. The molecule has 1 aromatic carbocycles. The number of nitrogens with two attached hydrogens (primary N) is 1. The maximum atomic E-state index is 11.1. The average Bonchev–Trinajstić information content (AvgIpc) is 2.46. The Morgan fingerprint density at radius 1 is 1.38 bits per heavy atom. The fraction of sp³-hybridized carbons (Fsp3) is 0.214. The van der Waals surface area contributed by atoms with E-state index < -0.39 is 4.92 Å². The highest BCUT2D eigenvalue weighted by Crippen LogP contribution is 2.32. The molecule has 0 unspecified atom stereocenters. The predicted octanol–water partition coefficient (Wildman–Crippen LogP) is 2.47. The second-order valence-corrected chi connectivity index (χ2v) is 4.67. The van der Waals surface area contributed by atoms with Crippen molar-refractivity contribution >= 4 is 11.5 Å². The van der Waals surface area contributed by atoms with Crippen molar-refractivity contribution < 1.29 is 9.66 Å². The molecule has 7 nitrogen and oxygen atoms in total. The monoisotopic (exact) mass is 288 g/mol. The summed E-state index contributed by atoms with van der Waals surface area (Å²) in [5, 5.41) is 11.1.